The van der Waals surface area contributed by atoms with Crippen molar-refractivity contribution in [1.29, 1.82) is 0 Å². The topological polar surface area (TPSA) is 35.5 Å². The van der Waals surface area contributed by atoms with E-state index in [0.717, 1.165) is 5.56 Å². The molecule has 2 aromatic rings. The van der Waals surface area contributed by atoms with Gasteiger partial charge in [-0.25, -0.2) is 0 Å². The highest BCUT2D eigenvalue weighted by Crippen LogP contribution is 2.68. The molecule has 0 aromatic heterocycles. The smallest absolute Gasteiger partial charge is 0.314 e. The van der Waals surface area contributed by atoms with Crippen LogP contribution in [0.5, 0.6) is 5.75 Å². The molecule has 0 N–H and O–H groups in total. The van der Waals surface area contributed by atoms with Crippen molar-refractivity contribution in [3.8, 4) is 5.75 Å². The lowest BCUT2D eigenvalue weighted by Crippen LogP contribution is -2.32. The van der Waals surface area contributed by atoms with Crippen molar-refractivity contribution >= 4 is 52.4 Å². The molecule has 1 aliphatic carbocycles. The van der Waals surface area contributed by atoms with Crippen LogP contribution in [0.4, 0.5) is 0 Å². The monoisotopic (exact) mass is 460 g/mol. The van der Waals surface area contributed by atoms with Crippen LogP contribution < -0.4 is 4.74 Å². The van der Waals surface area contributed by atoms with E-state index < -0.39 is 20.7 Å². The lowest BCUT2D eigenvalue weighted by atomic mass is 10.0. The van der Waals surface area contributed by atoms with Gasteiger partial charge in [-0.15, -0.1) is 0 Å². The Morgan fingerprint density at radius 3 is 2.21 bits per heavy atom. The lowest BCUT2D eigenvalue weighted by Gasteiger charge is -2.26. The predicted molar refractivity (Wildman–Crippen MR) is 113 cm³/mol. The number of halogens is 4. The van der Waals surface area contributed by atoms with Gasteiger partial charge in [-0.05, 0) is 29.8 Å². The van der Waals surface area contributed by atoms with Gasteiger partial charge in [0.15, 0.2) is 3.79 Å². The Kier molecular flexibility index (Phi) is 6.12. The normalized spacial score (nSPS) is 23.1. The molecule has 28 heavy (non-hydrogen) atoms. The zero-order valence-electron chi connectivity index (χ0n) is 15.4. The minimum atomic E-state index is -1.59. The standard InChI is InChI=1S/C21H20Cl4O3/c1-19(2)17(18(26)27-12-14-6-4-3-5-7-14)20(19,13-21(23,24)25)28-16-10-8-15(22)9-11-16/h3-11,17H,12-13H2,1-2H3. The zero-order chi connectivity index (χ0) is 20.6. The fourth-order valence-corrected chi connectivity index (χ4v) is 4.40. The Balaban J connectivity index is 1.81. The van der Waals surface area contributed by atoms with Gasteiger partial charge in [-0.3, -0.25) is 4.79 Å². The van der Waals surface area contributed by atoms with Crippen molar-refractivity contribution in [2.75, 3.05) is 0 Å². The molecule has 1 fully saturated rings. The predicted octanol–water partition coefficient (Wildman–Crippen LogP) is 6.62. The highest BCUT2D eigenvalue weighted by atomic mass is 35.6. The Bertz CT molecular complexity index is 831. The quantitative estimate of drug-likeness (QED) is 0.358. The van der Waals surface area contributed by atoms with Crippen LogP contribution in [0.1, 0.15) is 25.8 Å². The van der Waals surface area contributed by atoms with Gasteiger partial charge in [-0.2, -0.15) is 0 Å². The molecule has 1 saturated carbocycles. The van der Waals surface area contributed by atoms with Crippen molar-refractivity contribution in [2.24, 2.45) is 11.3 Å². The highest BCUT2D eigenvalue weighted by Gasteiger charge is 2.79. The number of ether oxygens (including phenoxy) is 2. The van der Waals surface area contributed by atoms with E-state index in [-0.39, 0.29) is 19.0 Å². The maximum absolute atomic E-state index is 12.9. The van der Waals surface area contributed by atoms with Gasteiger partial charge >= 0.3 is 5.97 Å². The van der Waals surface area contributed by atoms with Crippen LogP contribution >= 0.6 is 46.4 Å². The van der Waals surface area contributed by atoms with E-state index in [2.05, 4.69) is 0 Å². The fraction of sp³-hybridized carbons (Fsp3) is 0.381. The number of benzene rings is 2. The second-order valence-electron chi connectivity index (χ2n) is 7.49. The third-order valence-corrected chi connectivity index (χ3v) is 5.88. The molecule has 2 unspecified atom stereocenters. The number of carbonyl (C=O) groups excluding carboxylic acids is 1. The molecular formula is C21H20Cl4O3. The van der Waals surface area contributed by atoms with E-state index in [1.807, 2.05) is 44.2 Å². The summed E-state index contributed by atoms with van der Waals surface area (Å²) in [6, 6.07) is 16.3. The first-order valence-electron chi connectivity index (χ1n) is 8.77. The molecule has 0 amide bonds. The summed E-state index contributed by atoms with van der Waals surface area (Å²) >= 11 is 24.2. The molecule has 0 saturated heterocycles. The van der Waals surface area contributed by atoms with Crippen molar-refractivity contribution < 1.29 is 14.3 Å². The molecule has 1 aliphatic rings. The van der Waals surface area contributed by atoms with E-state index in [4.69, 9.17) is 55.9 Å². The van der Waals surface area contributed by atoms with Crippen molar-refractivity contribution in [3.05, 3.63) is 65.2 Å². The lowest BCUT2D eigenvalue weighted by molar-refractivity contribution is -0.148. The van der Waals surface area contributed by atoms with Crippen LogP contribution in [0.25, 0.3) is 0 Å². The summed E-state index contributed by atoms with van der Waals surface area (Å²) < 4.78 is 10.2. The maximum atomic E-state index is 12.9. The van der Waals surface area contributed by atoms with Crippen LogP contribution in [0.3, 0.4) is 0 Å². The minimum absolute atomic E-state index is 0.0470. The summed E-state index contributed by atoms with van der Waals surface area (Å²) in [6.45, 7) is 4.00. The maximum Gasteiger partial charge on any atom is 0.314 e. The first kappa shape index (κ1) is 21.6. The summed E-state index contributed by atoms with van der Waals surface area (Å²) in [6.07, 6.45) is 0.0470. The Morgan fingerprint density at radius 1 is 1.04 bits per heavy atom. The average molecular weight is 462 g/mol. The number of hydrogen-bond acceptors (Lipinski definition) is 3. The average Bonchev–Trinajstić information content (AvgIpc) is 3.07. The number of esters is 1. The second kappa shape index (κ2) is 7.95. The van der Waals surface area contributed by atoms with Crippen LogP contribution in [0, 0.1) is 11.3 Å². The number of carbonyl (C=O) groups is 1. The van der Waals surface area contributed by atoms with Gasteiger partial charge in [0.25, 0.3) is 0 Å². The second-order valence-corrected chi connectivity index (χ2v) is 10.4. The van der Waals surface area contributed by atoms with E-state index >= 15 is 0 Å². The third-order valence-electron chi connectivity index (χ3n) is 5.23. The van der Waals surface area contributed by atoms with E-state index in [0.29, 0.717) is 10.8 Å². The fourth-order valence-electron chi connectivity index (χ4n) is 3.68. The number of alkyl halides is 3. The molecule has 0 bridgehead atoms. The van der Waals surface area contributed by atoms with E-state index in [1.54, 1.807) is 24.3 Å². The van der Waals surface area contributed by atoms with E-state index in [9.17, 15) is 4.79 Å². The SMILES string of the molecule is CC1(C)C(C(=O)OCc2ccccc2)C1(CC(Cl)(Cl)Cl)Oc1ccc(Cl)cc1. The van der Waals surface area contributed by atoms with Crippen molar-refractivity contribution in [1.82, 2.24) is 0 Å². The Hall–Kier alpha value is -1.13. The first-order valence-corrected chi connectivity index (χ1v) is 10.3. The van der Waals surface area contributed by atoms with Crippen LogP contribution in [-0.2, 0) is 16.1 Å². The van der Waals surface area contributed by atoms with E-state index in [1.165, 1.54) is 0 Å². The van der Waals surface area contributed by atoms with Gasteiger partial charge in [0.05, 0.1) is 0 Å². The highest BCUT2D eigenvalue weighted by molar-refractivity contribution is 6.67. The van der Waals surface area contributed by atoms with Crippen LogP contribution in [0.2, 0.25) is 5.02 Å². The van der Waals surface area contributed by atoms with Gasteiger partial charge in [0.2, 0.25) is 0 Å². The molecule has 0 heterocycles. The van der Waals surface area contributed by atoms with Gasteiger partial charge in [0.1, 0.15) is 23.9 Å². The summed E-state index contributed by atoms with van der Waals surface area (Å²) in [5.74, 6) is -0.405. The van der Waals surface area contributed by atoms with Crippen LogP contribution in [-0.4, -0.2) is 15.4 Å². The largest absolute Gasteiger partial charge is 0.486 e. The summed E-state index contributed by atoms with van der Waals surface area (Å²) in [5.41, 5.74) is -0.677. The van der Waals surface area contributed by atoms with Crippen LogP contribution in [0.15, 0.2) is 54.6 Å². The minimum Gasteiger partial charge on any atom is -0.486 e. The molecule has 0 spiro atoms. The molecule has 7 heteroatoms. The third kappa shape index (κ3) is 4.54. The molecule has 2 atom stereocenters. The van der Waals surface area contributed by atoms with Crippen molar-refractivity contribution in [3.63, 3.8) is 0 Å². The van der Waals surface area contributed by atoms with Gasteiger partial charge < -0.3 is 9.47 Å². The summed E-state index contributed by atoms with van der Waals surface area (Å²) in [5, 5.41) is 0.580. The molecule has 0 aliphatic heterocycles. The Morgan fingerprint density at radius 2 is 1.64 bits per heavy atom. The zero-order valence-corrected chi connectivity index (χ0v) is 18.4. The summed E-state index contributed by atoms with van der Waals surface area (Å²) in [7, 11) is 0. The molecule has 2 aromatic carbocycles. The molecule has 0 radical (unpaired) electrons. The molecule has 3 nitrogen and oxygen atoms in total. The number of rotatable bonds is 6. The number of hydrogen-bond donors (Lipinski definition) is 0. The molecule has 150 valence electrons. The van der Waals surface area contributed by atoms with Crippen molar-refractivity contribution in [2.45, 2.75) is 36.3 Å². The first-order chi connectivity index (χ1) is 13.1. The molecular weight excluding hydrogens is 442 g/mol. The molecule has 3 rings (SSSR count). The van der Waals surface area contributed by atoms with Gasteiger partial charge in [0, 0.05) is 16.9 Å². The van der Waals surface area contributed by atoms with Gasteiger partial charge in [-0.1, -0.05) is 90.6 Å². The Labute approximate surface area is 184 Å². The summed E-state index contributed by atoms with van der Waals surface area (Å²) in [4.78, 5) is 12.9.